The number of pyridine rings is 1. The van der Waals surface area contributed by atoms with E-state index in [1.54, 1.807) is 6.07 Å². The number of anilines is 1. The van der Waals surface area contributed by atoms with Crippen LogP contribution in [-0.2, 0) is 0 Å². The van der Waals surface area contributed by atoms with Crippen LogP contribution in [0.3, 0.4) is 0 Å². The molecule has 54 valence electrons. The third-order valence-corrected chi connectivity index (χ3v) is 1.37. The standard InChI is InChI=1S/C7H9ClN2/c1-10(2)7-5-3-4-6(8)9-7/h3-5H,1-2H3. The molecular formula is C7H9ClN2. The van der Waals surface area contributed by atoms with Gasteiger partial charge in [0.2, 0.25) is 0 Å². The normalized spacial score (nSPS) is 9.50. The molecule has 0 fully saturated rings. The van der Waals surface area contributed by atoms with Gasteiger partial charge in [0.1, 0.15) is 11.0 Å². The molecule has 1 rings (SSSR count). The van der Waals surface area contributed by atoms with Crippen molar-refractivity contribution in [1.82, 2.24) is 4.98 Å². The van der Waals surface area contributed by atoms with E-state index in [-0.39, 0.29) is 0 Å². The van der Waals surface area contributed by atoms with Crippen molar-refractivity contribution >= 4 is 17.4 Å². The topological polar surface area (TPSA) is 16.1 Å². The van der Waals surface area contributed by atoms with E-state index >= 15 is 0 Å². The molecule has 1 aromatic heterocycles. The Bertz CT molecular complexity index is 223. The number of rotatable bonds is 1. The van der Waals surface area contributed by atoms with Crippen LogP contribution in [0.5, 0.6) is 0 Å². The Hall–Kier alpha value is -0.760. The van der Waals surface area contributed by atoms with Crippen molar-refractivity contribution < 1.29 is 0 Å². The molecule has 0 aliphatic carbocycles. The first-order valence-corrected chi connectivity index (χ1v) is 3.38. The molecule has 0 bridgehead atoms. The van der Waals surface area contributed by atoms with E-state index in [0.29, 0.717) is 5.15 Å². The van der Waals surface area contributed by atoms with Crippen molar-refractivity contribution in [1.29, 1.82) is 0 Å². The largest absolute Gasteiger partial charge is 0.363 e. The fraction of sp³-hybridized carbons (Fsp3) is 0.286. The van der Waals surface area contributed by atoms with Gasteiger partial charge in [0, 0.05) is 14.1 Å². The Morgan fingerprint density at radius 2 is 2.10 bits per heavy atom. The lowest BCUT2D eigenvalue weighted by Crippen LogP contribution is -2.09. The second-order valence-electron chi connectivity index (χ2n) is 2.21. The van der Waals surface area contributed by atoms with Crippen LogP contribution < -0.4 is 4.90 Å². The first-order chi connectivity index (χ1) is 4.70. The van der Waals surface area contributed by atoms with Gasteiger partial charge < -0.3 is 4.90 Å². The lowest BCUT2D eigenvalue weighted by Gasteiger charge is -2.09. The van der Waals surface area contributed by atoms with Crippen LogP contribution in [0.25, 0.3) is 0 Å². The van der Waals surface area contributed by atoms with E-state index < -0.39 is 0 Å². The molecule has 0 aromatic carbocycles. The maximum atomic E-state index is 5.65. The molecular weight excluding hydrogens is 148 g/mol. The minimum atomic E-state index is 0.534. The summed E-state index contributed by atoms with van der Waals surface area (Å²) in [5.41, 5.74) is 0. The Kier molecular flexibility index (Phi) is 2.12. The summed E-state index contributed by atoms with van der Waals surface area (Å²) in [6, 6.07) is 5.55. The molecule has 0 unspecified atom stereocenters. The van der Waals surface area contributed by atoms with Crippen molar-refractivity contribution in [2.75, 3.05) is 19.0 Å². The van der Waals surface area contributed by atoms with Crippen molar-refractivity contribution in [2.45, 2.75) is 0 Å². The van der Waals surface area contributed by atoms with Gasteiger partial charge in [0.15, 0.2) is 0 Å². The van der Waals surface area contributed by atoms with E-state index in [4.69, 9.17) is 11.6 Å². The summed E-state index contributed by atoms with van der Waals surface area (Å²) in [5.74, 6) is 0.882. The number of halogens is 1. The van der Waals surface area contributed by atoms with Gasteiger partial charge in [0.25, 0.3) is 0 Å². The van der Waals surface area contributed by atoms with Crippen LogP contribution in [0.4, 0.5) is 5.82 Å². The third kappa shape index (κ3) is 1.61. The highest BCUT2D eigenvalue weighted by Gasteiger charge is 1.94. The predicted octanol–water partition coefficient (Wildman–Crippen LogP) is 1.80. The third-order valence-electron chi connectivity index (χ3n) is 1.16. The summed E-state index contributed by atoms with van der Waals surface area (Å²) < 4.78 is 0. The van der Waals surface area contributed by atoms with Crippen LogP contribution in [-0.4, -0.2) is 19.1 Å². The summed E-state index contributed by atoms with van der Waals surface area (Å²) in [4.78, 5) is 5.97. The van der Waals surface area contributed by atoms with Crippen molar-refractivity contribution in [2.24, 2.45) is 0 Å². The summed E-state index contributed by atoms with van der Waals surface area (Å²) >= 11 is 5.65. The zero-order valence-electron chi connectivity index (χ0n) is 6.00. The highest BCUT2D eigenvalue weighted by molar-refractivity contribution is 6.29. The first kappa shape index (κ1) is 7.35. The van der Waals surface area contributed by atoms with Crippen LogP contribution in [0.1, 0.15) is 0 Å². The predicted molar refractivity (Wildman–Crippen MR) is 43.6 cm³/mol. The summed E-state index contributed by atoms with van der Waals surface area (Å²) in [6.07, 6.45) is 0. The smallest absolute Gasteiger partial charge is 0.131 e. The second-order valence-corrected chi connectivity index (χ2v) is 2.60. The number of nitrogens with zero attached hydrogens (tertiary/aromatic N) is 2. The first-order valence-electron chi connectivity index (χ1n) is 3.00. The zero-order valence-corrected chi connectivity index (χ0v) is 6.76. The maximum absolute atomic E-state index is 5.65. The van der Waals surface area contributed by atoms with E-state index in [1.165, 1.54) is 0 Å². The number of hydrogen-bond acceptors (Lipinski definition) is 2. The molecule has 0 spiro atoms. The number of aromatic nitrogens is 1. The molecule has 0 amide bonds. The molecule has 0 atom stereocenters. The van der Waals surface area contributed by atoms with Crippen LogP contribution in [0.15, 0.2) is 18.2 Å². The highest BCUT2D eigenvalue weighted by Crippen LogP contribution is 2.10. The van der Waals surface area contributed by atoms with Crippen LogP contribution in [0, 0.1) is 0 Å². The van der Waals surface area contributed by atoms with E-state index in [9.17, 15) is 0 Å². The quantitative estimate of drug-likeness (QED) is 0.577. The Balaban J connectivity index is 2.96. The van der Waals surface area contributed by atoms with E-state index in [0.717, 1.165) is 5.82 Å². The van der Waals surface area contributed by atoms with Gasteiger partial charge in [-0.25, -0.2) is 4.98 Å². The molecule has 2 nitrogen and oxygen atoms in total. The van der Waals surface area contributed by atoms with Gasteiger partial charge in [-0.2, -0.15) is 0 Å². The Morgan fingerprint density at radius 3 is 2.50 bits per heavy atom. The summed E-state index contributed by atoms with van der Waals surface area (Å²) in [5, 5.41) is 0.534. The molecule has 0 saturated heterocycles. The minimum Gasteiger partial charge on any atom is -0.363 e. The lowest BCUT2D eigenvalue weighted by molar-refractivity contribution is 1.07. The summed E-state index contributed by atoms with van der Waals surface area (Å²) in [7, 11) is 3.86. The highest BCUT2D eigenvalue weighted by atomic mass is 35.5. The van der Waals surface area contributed by atoms with Gasteiger partial charge in [-0.3, -0.25) is 0 Å². The lowest BCUT2D eigenvalue weighted by atomic mass is 10.4. The monoisotopic (exact) mass is 156 g/mol. The molecule has 3 heteroatoms. The van der Waals surface area contributed by atoms with Gasteiger partial charge in [-0.15, -0.1) is 0 Å². The van der Waals surface area contributed by atoms with Gasteiger partial charge in [-0.05, 0) is 12.1 Å². The average Bonchev–Trinajstić information content (AvgIpc) is 1.88. The Labute approximate surface area is 65.4 Å². The Morgan fingerprint density at radius 1 is 1.40 bits per heavy atom. The second kappa shape index (κ2) is 2.88. The van der Waals surface area contributed by atoms with E-state index in [1.807, 2.05) is 31.1 Å². The SMILES string of the molecule is CN(C)c1cccc(Cl)n1. The minimum absolute atomic E-state index is 0.534. The number of hydrogen-bond donors (Lipinski definition) is 0. The van der Waals surface area contributed by atoms with E-state index in [2.05, 4.69) is 4.98 Å². The van der Waals surface area contributed by atoms with Crippen LogP contribution in [0.2, 0.25) is 5.15 Å². The molecule has 0 aliphatic heterocycles. The zero-order chi connectivity index (χ0) is 7.56. The molecule has 0 N–H and O–H groups in total. The van der Waals surface area contributed by atoms with Crippen molar-refractivity contribution in [3.63, 3.8) is 0 Å². The maximum Gasteiger partial charge on any atom is 0.131 e. The van der Waals surface area contributed by atoms with Crippen molar-refractivity contribution in [3.05, 3.63) is 23.4 Å². The average molecular weight is 157 g/mol. The van der Waals surface area contributed by atoms with Gasteiger partial charge in [-0.1, -0.05) is 17.7 Å². The fourth-order valence-electron chi connectivity index (χ4n) is 0.647. The summed E-state index contributed by atoms with van der Waals surface area (Å²) in [6.45, 7) is 0. The molecule has 1 heterocycles. The molecule has 0 aliphatic rings. The van der Waals surface area contributed by atoms with Gasteiger partial charge in [0.05, 0.1) is 0 Å². The van der Waals surface area contributed by atoms with Gasteiger partial charge >= 0.3 is 0 Å². The molecule has 0 saturated carbocycles. The van der Waals surface area contributed by atoms with Crippen molar-refractivity contribution in [3.8, 4) is 0 Å². The van der Waals surface area contributed by atoms with Crippen LogP contribution >= 0.6 is 11.6 Å². The molecule has 0 radical (unpaired) electrons. The molecule has 10 heavy (non-hydrogen) atoms. The molecule has 1 aromatic rings. The fourth-order valence-corrected chi connectivity index (χ4v) is 0.806.